The molecule has 0 fully saturated rings. The maximum atomic E-state index is 12.0. The SMILES string of the molecule is CC(=O)c1cc2c(s1)C(C1C=CCCC1)=C(c1ccc(OCc3ccccc3)cc1)C2.CC(=O)c1cc2c(s1)c(C1C=CCCC1)c(-c1ccc(OCc3ccccc3)cc1)n2C. The molecule has 0 spiro atoms. The third kappa shape index (κ3) is 9.36. The number of allylic oxidation sites excluding steroid dienone is 6. The monoisotopic (exact) mass is 867 g/mol. The number of benzene rings is 4. The first-order chi connectivity index (χ1) is 30.8. The van der Waals surface area contributed by atoms with E-state index < -0.39 is 0 Å². The van der Waals surface area contributed by atoms with Gasteiger partial charge >= 0.3 is 0 Å². The zero-order chi connectivity index (χ0) is 43.3. The highest BCUT2D eigenvalue weighted by Gasteiger charge is 2.31. The number of hydrogen-bond donors (Lipinski definition) is 0. The van der Waals surface area contributed by atoms with Crippen LogP contribution in [-0.2, 0) is 26.7 Å². The fourth-order valence-corrected chi connectivity index (χ4v) is 11.6. The Balaban J connectivity index is 0.000000160. The molecule has 0 radical (unpaired) electrons. The number of thiophene rings is 2. The molecule has 318 valence electrons. The molecule has 0 amide bonds. The molecule has 7 aromatic rings. The van der Waals surface area contributed by atoms with Crippen molar-refractivity contribution in [2.24, 2.45) is 13.0 Å². The van der Waals surface area contributed by atoms with Crippen molar-refractivity contribution in [2.45, 2.75) is 77.9 Å². The summed E-state index contributed by atoms with van der Waals surface area (Å²) in [5, 5.41) is 0. The van der Waals surface area contributed by atoms with Crippen LogP contribution in [0, 0.1) is 5.92 Å². The Morgan fingerprint density at radius 2 is 1.19 bits per heavy atom. The molecule has 3 aliphatic carbocycles. The molecule has 2 atom stereocenters. The van der Waals surface area contributed by atoms with Crippen LogP contribution in [0.1, 0.15) is 110 Å². The van der Waals surface area contributed by atoms with E-state index in [0.717, 1.165) is 51.6 Å². The first kappa shape index (κ1) is 42.3. The smallest absolute Gasteiger partial charge is 0.169 e. The maximum absolute atomic E-state index is 12.0. The van der Waals surface area contributed by atoms with Crippen LogP contribution in [0.15, 0.2) is 146 Å². The fourth-order valence-electron chi connectivity index (χ4n) is 9.18. The Morgan fingerprint density at radius 1 is 0.651 bits per heavy atom. The lowest BCUT2D eigenvalue weighted by atomic mass is 9.86. The number of fused-ring (bicyclic) bond motifs is 2. The van der Waals surface area contributed by atoms with Crippen molar-refractivity contribution in [2.75, 3.05) is 0 Å². The van der Waals surface area contributed by atoms with Gasteiger partial charge in [0.2, 0.25) is 0 Å². The van der Waals surface area contributed by atoms with E-state index in [9.17, 15) is 9.59 Å². The number of carbonyl (C=O) groups is 2. The van der Waals surface area contributed by atoms with E-state index in [4.69, 9.17) is 9.47 Å². The van der Waals surface area contributed by atoms with Gasteiger partial charge in [-0.05, 0) is 146 Å². The zero-order valence-corrected chi connectivity index (χ0v) is 37.9. The van der Waals surface area contributed by atoms with Gasteiger partial charge in [-0.3, -0.25) is 9.59 Å². The molecule has 10 rings (SSSR count). The summed E-state index contributed by atoms with van der Waals surface area (Å²) in [6.45, 7) is 4.46. The number of nitrogens with zero attached hydrogens (tertiary/aromatic N) is 1. The van der Waals surface area contributed by atoms with E-state index in [1.165, 1.54) is 79.9 Å². The standard InChI is InChI=1S/C28H27NO2S.C28H26O2S/c1-19(30)25-17-24-28(32-25)26(21-11-7-4-8-12-21)27(29(24)2)22-13-15-23(16-14-22)31-18-20-9-5-3-6-10-20;1-19(29)26-17-23-16-25(27(28(23)31-26)22-10-6-3-7-11-22)21-12-14-24(15-13-21)30-18-20-8-4-2-5-9-20/h3,5-7,9-11,13-17,21H,4,8,12,18H2,1-2H3;2,4-6,8-10,12-15,17,22H,3,7,11,16,18H2,1H3. The van der Waals surface area contributed by atoms with Crippen molar-refractivity contribution in [3.63, 3.8) is 0 Å². The van der Waals surface area contributed by atoms with Crippen LogP contribution in [0.5, 0.6) is 11.5 Å². The van der Waals surface area contributed by atoms with Gasteiger partial charge in [-0.2, -0.15) is 0 Å². The van der Waals surface area contributed by atoms with Gasteiger partial charge in [0.05, 0.1) is 25.7 Å². The maximum Gasteiger partial charge on any atom is 0.169 e. The van der Waals surface area contributed by atoms with Crippen LogP contribution in [-0.4, -0.2) is 16.1 Å². The van der Waals surface area contributed by atoms with E-state index in [-0.39, 0.29) is 11.6 Å². The number of ketones is 2. The molecule has 2 unspecified atom stereocenters. The van der Waals surface area contributed by atoms with E-state index in [1.807, 2.05) is 36.4 Å². The Kier molecular flexibility index (Phi) is 12.9. The number of carbonyl (C=O) groups excluding carboxylic acids is 2. The van der Waals surface area contributed by atoms with Crippen molar-refractivity contribution >= 4 is 55.6 Å². The van der Waals surface area contributed by atoms with Crippen LogP contribution in [0.4, 0.5) is 0 Å². The molecule has 0 saturated carbocycles. The van der Waals surface area contributed by atoms with Gasteiger partial charge in [0, 0.05) is 29.3 Å². The third-order valence-electron chi connectivity index (χ3n) is 12.4. The van der Waals surface area contributed by atoms with Crippen LogP contribution in [0.3, 0.4) is 0 Å². The molecule has 0 aliphatic heterocycles. The number of Topliss-reactive ketones (excluding diaryl/α,β-unsaturated/α-hetero) is 2. The van der Waals surface area contributed by atoms with Crippen LogP contribution in [0.2, 0.25) is 0 Å². The Labute approximate surface area is 379 Å². The zero-order valence-electron chi connectivity index (χ0n) is 36.3. The highest BCUT2D eigenvalue weighted by Crippen LogP contribution is 2.49. The van der Waals surface area contributed by atoms with Gasteiger partial charge in [-0.15, -0.1) is 22.7 Å². The summed E-state index contributed by atoms with van der Waals surface area (Å²) in [5.74, 6) is 2.88. The summed E-state index contributed by atoms with van der Waals surface area (Å²) in [6.07, 6.45) is 17.3. The second-order valence-electron chi connectivity index (χ2n) is 16.8. The predicted molar refractivity (Wildman–Crippen MR) is 261 cm³/mol. The molecule has 3 aromatic heterocycles. The first-order valence-corrected chi connectivity index (χ1v) is 23.8. The minimum absolute atomic E-state index is 0.137. The van der Waals surface area contributed by atoms with E-state index >= 15 is 0 Å². The van der Waals surface area contributed by atoms with E-state index in [1.54, 1.807) is 36.5 Å². The van der Waals surface area contributed by atoms with Crippen molar-refractivity contribution in [3.05, 3.63) is 188 Å². The molecule has 3 heterocycles. The summed E-state index contributed by atoms with van der Waals surface area (Å²) >= 11 is 3.31. The molecule has 7 heteroatoms. The lowest BCUT2D eigenvalue weighted by molar-refractivity contribution is 0.101. The Morgan fingerprint density at radius 3 is 1.73 bits per heavy atom. The van der Waals surface area contributed by atoms with E-state index in [0.29, 0.717) is 25.0 Å². The van der Waals surface area contributed by atoms with Crippen molar-refractivity contribution in [1.82, 2.24) is 4.57 Å². The molecular formula is C56H53NO4S2. The van der Waals surface area contributed by atoms with Crippen molar-refractivity contribution in [1.29, 1.82) is 0 Å². The van der Waals surface area contributed by atoms with Gasteiger partial charge in [0.1, 0.15) is 24.7 Å². The van der Waals surface area contributed by atoms with Gasteiger partial charge in [0.15, 0.2) is 11.6 Å². The molecule has 0 N–H and O–H groups in total. The summed E-state index contributed by atoms with van der Waals surface area (Å²) in [6, 6.07) is 41.6. The number of aromatic nitrogens is 1. The molecular weight excluding hydrogens is 815 g/mol. The van der Waals surface area contributed by atoms with Crippen LogP contribution in [0.25, 0.3) is 32.6 Å². The molecule has 3 aliphatic rings. The molecule has 0 saturated heterocycles. The number of hydrogen-bond acceptors (Lipinski definition) is 6. The Hall–Kier alpha value is -6.02. The molecule has 63 heavy (non-hydrogen) atoms. The Bertz CT molecular complexity index is 2820. The molecule has 0 bridgehead atoms. The van der Waals surface area contributed by atoms with Gasteiger partial charge < -0.3 is 14.0 Å². The van der Waals surface area contributed by atoms with Crippen LogP contribution >= 0.6 is 22.7 Å². The highest BCUT2D eigenvalue weighted by molar-refractivity contribution is 7.21. The quantitative estimate of drug-likeness (QED) is 0.0907. The summed E-state index contributed by atoms with van der Waals surface area (Å²) in [5.41, 5.74) is 12.7. The summed E-state index contributed by atoms with van der Waals surface area (Å²) in [4.78, 5) is 27.0. The summed E-state index contributed by atoms with van der Waals surface area (Å²) < 4.78 is 15.5. The van der Waals surface area contributed by atoms with Crippen molar-refractivity contribution < 1.29 is 19.1 Å². The number of rotatable bonds is 12. The molecule has 4 aromatic carbocycles. The number of ether oxygens (including phenoxy) is 2. The largest absolute Gasteiger partial charge is 0.489 e. The average Bonchev–Trinajstić information content (AvgIpc) is 4.10. The van der Waals surface area contributed by atoms with Gasteiger partial charge in [0.25, 0.3) is 0 Å². The van der Waals surface area contributed by atoms with Gasteiger partial charge in [-0.1, -0.05) is 97.1 Å². The lowest BCUT2D eigenvalue weighted by Crippen LogP contribution is -2.04. The fraction of sp³-hybridized carbons (Fsp3) is 0.250. The minimum Gasteiger partial charge on any atom is -0.489 e. The van der Waals surface area contributed by atoms with Crippen LogP contribution < -0.4 is 9.47 Å². The topological polar surface area (TPSA) is 57.5 Å². The predicted octanol–water partition coefficient (Wildman–Crippen LogP) is 14.9. The van der Waals surface area contributed by atoms with Crippen molar-refractivity contribution in [3.8, 4) is 22.8 Å². The lowest BCUT2D eigenvalue weighted by Gasteiger charge is -2.20. The van der Waals surface area contributed by atoms with Gasteiger partial charge in [-0.25, -0.2) is 0 Å². The molecule has 5 nitrogen and oxygen atoms in total. The average molecular weight is 868 g/mol. The normalized spacial score (nSPS) is 16.7. The second kappa shape index (κ2) is 19.2. The minimum atomic E-state index is 0.137. The third-order valence-corrected chi connectivity index (χ3v) is 15.0. The summed E-state index contributed by atoms with van der Waals surface area (Å²) in [7, 11) is 2.12. The second-order valence-corrected chi connectivity index (χ2v) is 18.9. The first-order valence-electron chi connectivity index (χ1n) is 22.2. The number of aryl methyl sites for hydroxylation is 1. The highest BCUT2D eigenvalue weighted by atomic mass is 32.1. The van der Waals surface area contributed by atoms with E-state index in [2.05, 4.69) is 121 Å².